The number of nitrogens with two attached hydrogens (primary N) is 2. The normalized spacial score (nSPS) is 11.5. The number of hydrogen-bond donors (Lipinski definition) is 2. The summed E-state index contributed by atoms with van der Waals surface area (Å²) in [5.41, 5.74) is 11.8. The molecule has 0 aliphatic heterocycles. The Morgan fingerprint density at radius 2 is 1.95 bits per heavy atom. The zero-order valence-electron chi connectivity index (χ0n) is 10.6. The largest absolute Gasteiger partial charge is 0.389 e. The molecule has 0 bridgehead atoms. The van der Waals surface area contributed by atoms with Gasteiger partial charge in [0.2, 0.25) is 15.9 Å². The molecule has 0 atom stereocenters. The Hall–Kier alpha value is -1.51. The van der Waals surface area contributed by atoms with Gasteiger partial charge in [0.05, 0.1) is 11.4 Å². The van der Waals surface area contributed by atoms with E-state index in [1.54, 1.807) is 13.0 Å². The molecule has 8 heteroatoms. The summed E-state index contributed by atoms with van der Waals surface area (Å²) in [6.45, 7) is 1.33. The van der Waals surface area contributed by atoms with Crippen LogP contribution in [0.25, 0.3) is 0 Å². The van der Waals surface area contributed by atoms with Crippen molar-refractivity contribution in [2.45, 2.75) is 11.8 Å². The predicted octanol–water partition coefficient (Wildman–Crippen LogP) is -0.265. The van der Waals surface area contributed by atoms with Crippen LogP contribution in [-0.2, 0) is 14.8 Å². The van der Waals surface area contributed by atoms with Crippen LogP contribution in [0.2, 0.25) is 0 Å². The molecule has 0 aliphatic rings. The number of carbonyl (C=O) groups excluding carboxylic acids is 1. The summed E-state index contributed by atoms with van der Waals surface area (Å²) in [4.78, 5) is 11.0. The van der Waals surface area contributed by atoms with Gasteiger partial charge < -0.3 is 11.5 Å². The Morgan fingerprint density at radius 3 is 2.37 bits per heavy atom. The first kappa shape index (κ1) is 15.5. The van der Waals surface area contributed by atoms with Gasteiger partial charge in [0.1, 0.15) is 4.99 Å². The third kappa shape index (κ3) is 3.49. The van der Waals surface area contributed by atoms with E-state index in [1.807, 2.05) is 0 Å². The number of rotatable bonds is 5. The zero-order chi connectivity index (χ0) is 14.8. The van der Waals surface area contributed by atoms with Gasteiger partial charge in [-0.25, -0.2) is 8.42 Å². The van der Waals surface area contributed by atoms with E-state index in [9.17, 15) is 13.2 Å². The minimum atomic E-state index is -3.75. The highest BCUT2D eigenvalue weighted by Crippen LogP contribution is 2.18. The Labute approximate surface area is 117 Å². The van der Waals surface area contributed by atoms with Crippen LogP contribution < -0.4 is 11.5 Å². The standard InChI is InChI=1S/C11H15N3O3S2/c1-7-5-8(3-4-9(7)11(13)18)19(16,17)14(2)6-10(12)15/h3-5H,6H2,1-2H3,(H2,12,15)(H2,13,18). The maximum absolute atomic E-state index is 12.2. The number of aryl methyl sites for hydroxylation is 1. The van der Waals surface area contributed by atoms with Crippen molar-refractivity contribution in [2.24, 2.45) is 11.5 Å². The molecule has 0 aliphatic carbocycles. The maximum atomic E-state index is 12.2. The van der Waals surface area contributed by atoms with Gasteiger partial charge in [-0.05, 0) is 24.6 Å². The molecule has 1 amide bonds. The van der Waals surface area contributed by atoms with Gasteiger partial charge in [0, 0.05) is 12.6 Å². The van der Waals surface area contributed by atoms with Crippen LogP contribution in [0.15, 0.2) is 23.1 Å². The SMILES string of the molecule is Cc1cc(S(=O)(=O)N(C)CC(N)=O)ccc1C(N)=S. The molecule has 0 radical (unpaired) electrons. The fourth-order valence-corrected chi connectivity index (χ4v) is 3.01. The number of nitrogens with zero attached hydrogens (tertiary/aromatic N) is 1. The van der Waals surface area contributed by atoms with E-state index in [0.29, 0.717) is 11.1 Å². The van der Waals surface area contributed by atoms with Crippen molar-refractivity contribution in [3.63, 3.8) is 0 Å². The molecule has 104 valence electrons. The van der Waals surface area contributed by atoms with Gasteiger partial charge >= 0.3 is 0 Å². The van der Waals surface area contributed by atoms with E-state index in [2.05, 4.69) is 0 Å². The molecule has 0 aromatic heterocycles. The Morgan fingerprint density at radius 1 is 1.37 bits per heavy atom. The molecule has 1 rings (SSSR count). The lowest BCUT2D eigenvalue weighted by atomic mass is 10.1. The fraction of sp³-hybridized carbons (Fsp3) is 0.273. The minimum absolute atomic E-state index is 0.0637. The first-order valence-corrected chi connectivity index (χ1v) is 7.16. The second-order valence-corrected chi connectivity index (χ2v) is 6.55. The van der Waals surface area contributed by atoms with Crippen LogP contribution in [0.1, 0.15) is 11.1 Å². The van der Waals surface area contributed by atoms with Gasteiger partial charge in [-0.1, -0.05) is 18.3 Å². The van der Waals surface area contributed by atoms with E-state index in [0.717, 1.165) is 4.31 Å². The van der Waals surface area contributed by atoms with Crippen molar-refractivity contribution in [1.29, 1.82) is 0 Å². The number of hydrogen-bond acceptors (Lipinski definition) is 4. The van der Waals surface area contributed by atoms with E-state index in [1.165, 1.54) is 19.2 Å². The van der Waals surface area contributed by atoms with Crippen LogP contribution in [0.4, 0.5) is 0 Å². The summed E-state index contributed by atoms with van der Waals surface area (Å²) in [5, 5.41) is 0. The predicted molar refractivity (Wildman–Crippen MR) is 76.1 cm³/mol. The molecule has 0 unspecified atom stereocenters. The highest BCUT2D eigenvalue weighted by atomic mass is 32.2. The van der Waals surface area contributed by atoms with E-state index >= 15 is 0 Å². The highest BCUT2D eigenvalue weighted by molar-refractivity contribution is 7.89. The molecule has 0 fully saturated rings. The Bertz CT molecular complexity index is 626. The van der Waals surface area contributed by atoms with Crippen LogP contribution in [0, 0.1) is 6.92 Å². The molecule has 19 heavy (non-hydrogen) atoms. The Kier molecular flexibility index (Phi) is 4.61. The minimum Gasteiger partial charge on any atom is -0.389 e. The number of amides is 1. The van der Waals surface area contributed by atoms with Gasteiger partial charge in [0.15, 0.2) is 0 Å². The molecule has 1 aromatic rings. The third-order valence-corrected chi connectivity index (χ3v) is 4.57. The van der Waals surface area contributed by atoms with E-state index in [-0.39, 0.29) is 16.4 Å². The molecule has 0 spiro atoms. The van der Waals surface area contributed by atoms with Crippen molar-refractivity contribution in [1.82, 2.24) is 4.31 Å². The lowest BCUT2D eigenvalue weighted by Crippen LogP contribution is -2.35. The van der Waals surface area contributed by atoms with Crippen LogP contribution in [0.5, 0.6) is 0 Å². The van der Waals surface area contributed by atoms with Crippen LogP contribution in [0.3, 0.4) is 0 Å². The van der Waals surface area contributed by atoms with Crippen molar-refractivity contribution >= 4 is 33.1 Å². The number of carbonyl (C=O) groups is 1. The van der Waals surface area contributed by atoms with Crippen LogP contribution in [-0.4, -0.2) is 37.2 Å². The summed E-state index contributed by atoms with van der Waals surface area (Å²) in [5.74, 6) is -0.720. The average molecular weight is 301 g/mol. The van der Waals surface area contributed by atoms with Crippen molar-refractivity contribution in [2.75, 3.05) is 13.6 Å². The van der Waals surface area contributed by atoms with Gasteiger partial charge in [-0.15, -0.1) is 0 Å². The lowest BCUT2D eigenvalue weighted by molar-refractivity contribution is -0.118. The fourth-order valence-electron chi connectivity index (χ4n) is 1.56. The van der Waals surface area contributed by atoms with Crippen molar-refractivity contribution in [3.05, 3.63) is 29.3 Å². The second kappa shape index (κ2) is 5.64. The molecule has 1 aromatic carbocycles. The first-order valence-electron chi connectivity index (χ1n) is 5.31. The van der Waals surface area contributed by atoms with Crippen molar-refractivity contribution < 1.29 is 13.2 Å². The summed E-state index contributed by atoms with van der Waals surface area (Å²) in [6.07, 6.45) is 0. The summed E-state index contributed by atoms with van der Waals surface area (Å²) in [6, 6.07) is 4.40. The monoisotopic (exact) mass is 301 g/mol. The van der Waals surface area contributed by atoms with Crippen LogP contribution >= 0.6 is 12.2 Å². The lowest BCUT2D eigenvalue weighted by Gasteiger charge is -2.16. The molecule has 0 saturated carbocycles. The molecule has 0 heterocycles. The van der Waals surface area contributed by atoms with Gasteiger partial charge in [-0.2, -0.15) is 4.31 Å². The maximum Gasteiger partial charge on any atom is 0.243 e. The van der Waals surface area contributed by atoms with Crippen molar-refractivity contribution in [3.8, 4) is 0 Å². The average Bonchev–Trinajstić information content (AvgIpc) is 2.27. The van der Waals surface area contributed by atoms with Gasteiger partial charge in [-0.3, -0.25) is 4.79 Å². The molecular weight excluding hydrogens is 286 g/mol. The second-order valence-electron chi connectivity index (χ2n) is 4.07. The summed E-state index contributed by atoms with van der Waals surface area (Å²) in [7, 11) is -2.46. The summed E-state index contributed by atoms with van der Waals surface area (Å²) < 4.78 is 25.2. The summed E-state index contributed by atoms with van der Waals surface area (Å²) >= 11 is 4.85. The molecule has 0 saturated heterocycles. The Balaban J connectivity index is 3.20. The number of likely N-dealkylation sites (N-methyl/N-ethyl adjacent to an activating group) is 1. The highest BCUT2D eigenvalue weighted by Gasteiger charge is 2.22. The third-order valence-electron chi connectivity index (χ3n) is 2.55. The molecular formula is C11H15N3O3S2. The number of benzene rings is 1. The molecule has 4 N–H and O–H groups in total. The van der Waals surface area contributed by atoms with Gasteiger partial charge in [0.25, 0.3) is 0 Å². The quantitative estimate of drug-likeness (QED) is 0.728. The molecule has 6 nitrogen and oxygen atoms in total. The van der Waals surface area contributed by atoms with E-state index in [4.69, 9.17) is 23.7 Å². The first-order chi connectivity index (χ1) is 8.66. The van der Waals surface area contributed by atoms with E-state index < -0.39 is 15.9 Å². The topological polar surface area (TPSA) is 106 Å². The number of primary amides is 1. The zero-order valence-corrected chi connectivity index (χ0v) is 12.2. The smallest absolute Gasteiger partial charge is 0.243 e. The number of thiocarbonyl (C=S) groups is 1. The number of sulfonamides is 1.